The fourth-order valence-electron chi connectivity index (χ4n) is 4.17. The number of H-pyrrole nitrogens is 1. The molecule has 13 nitrogen and oxygen atoms in total. The van der Waals surface area contributed by atoms with Crippen molar-refractivity contribution in [3.05, 3.63) is 42.6 Å². The summed E-state index contributed by atoms with van der Waals surface area (Å²) in [4.78, 5) is 27.7. The maximum Gasteiger partial charge on any atom is 0.326 e. The third-order valence-corrected chi connectivity index (χ3v) is 5.93. The van der Waals surface area contributed by atoms with Crippen LogP contribution in [0.15, 0.2) is 37.1 Å². The van der Waals surface area contributed by atoms with E-state index in [9.17, 15) is 30.3 Å². The maximum atomic E-state index is 12.0. The molecule has 5 atom stereocenters. The molecule has 0 amide bonds. The lowest BCUT2D eigenvalue weighted by Crippen LogP contribution is -2.33. The summed E-state index contributed by atoms with van der Waals surface area (Å²) < 4.78 is 6.93. The molecular weight excluding hydrogens is 448 g/mol. The zero-order valence-electron chi connectivity index (χ0n) is 17.6. The average molecular weight is 470 g/mol. The molecule has 7 N–H and O–H groups in total. The molecule has 1 aliphatic rings. The number of rotatable bonds is 7. The first kappa shape index (κ1) is 22.0. The number of hydrogen-bond acceptors (Lipinski definition) is 10. The molecule has 5 rings (SSSR count). The molecule has 4 aromatic rings. The standard InChI is InChI=1S/C21H22N6O7/c28-6-14-16(30)17(31)20(34-14)27-8-25-15-18(23-7-24-19(15)27)26-13(21(32)33)3-9-5-22-12-2-1-10(29)4-11(9)12/h1-2,4-5,7-8,13-14,16-17,20,22,28-31H,3,6H2,(H,32,33)(H,23,24,26). The van der Waals surface area contributed by atoms with E-state index in [1.807, 2.05) is 0 Å². The highest BCUT2D eigenvalue weighted by Gasteiger charge is 2.44. The molecule has 0 saturated carbocycles. The largest absolute Gasteiger partial charge is 0.508 e. The van der Waals surface area contributed by atoms with Gasteiger partial charge in [0.2, 0.25) is 0 Å². The Bertz CT molecular complexity index is 1350. The summed E-state index contributed by atoms with van der Waals surface area (Å²) >= 11 is 0. The molecule has 13 heteroatoms. The van der Waals surface area contributed by atoms with Gasteiger partial charge >= 0.3 is 5.97 Å². The number of aliphatic hydroxyl groups excluding tert-OH is 3. The molecule has 0 radical (unpaired) electrons. The number of nitrogens with zero attached hydrogens (tertiary/aromatic N) is 4. The van der Waals surface area contributed by atoms with Gasteiger partial charge in [0.05, 0.1) is 12.9 Å². The molecule has 5 unspecified atom stereocenters. The van der Waals surface area contributed by atoms with E-state index in [1.54, 1.807) is 18.3 Å². The van der Waals surface area contributed by atoms with Crippen LogP contribution in [0.1, 0.15) is 11.8 Å². The van der Waals surface area contributed by atoms with Gasteiger partial charge in [-0.2, -0.15) is 0 Å². The van der Waals surface area contributed by atoms with Crippen LogP contribution in [0.4, 0.5) is 5.82 Å². The number of aromatic hydroxyl groups is 1. The van der Waals surface area contributed by atoms with Crippen LogP contribution >= 0.6 is 0 Å². The number of anilines is 1. The van der Waals surface area contributed by atoms with Crippen molar-refractivity contribution in [3.63, 3.8) is 0 Å². The van der Waals surface area contributed by atoms with E-state index in [4.69, 9.17) is 4.74 Å². The van der Waals surface area contributed by atoms with Crippen LogP contribution in [-0.2, 0) is 16.0 Å². The lowest BCUT2D eigenvalue weighted by molar-refractivity contribution is -0.137. The Kier molecular flexibility index (Phi) is 5.53. The number of nitrogens with one attached hydrogen (secondary N) is 2. The fourth-order valence-corrected chi connectivity index (χ4v) is 4.17. The lowest BCUT2D eigenvalue weighted by Gasteiger charge is -2.17. The van der Waals surface area contributed by atoms with Crippen LogP contribution in [0.5, 0.6) is 5.75 Å². The van der Waals surface area contributed by atoms with Gasteiger partial charge in [0.1, 0.15) is 36.4 Å². The Hall–Kier alpha value is -3.78. The van der Waals surface area contributed by atoms with E-state index in [2.05, 4.69) is 25.3 Å². The number of carboxylic acids is 1. The molecule has 4 heterocycles. The number of fused-ring (bicyclic) bond motifs is 2. The average Bonchev–Trinajstić information content (AvgIpc) is 3.50. The van der Waals surface area contributed by atoms with E-state index >= 15 is 0 Å². The Labute approximate surface area is 191 Å². The summed E-state index contributed by atoms with van der Waals surface area (Å²) in [6.45, 7) is -0.477. The van der Waals surface area contributed by atoms with E-state index in [0.29, 0.717) is 10.9 Å². The summed E-state index contributed by atoms with van der Waals surface area (Å²) in [7, 11) is 0. The molecule has 1 saturated heterocycles. The van der Waals surface area contributed by atoms with Gasteiger partial charge in [0.25, 0.3) is 0 Å². The number of phenolic OH excluding ortho intramolecular Hbond substituents is 1. The van der Waals surface area contributed by atoms with Gasteiger partial charge in [-0.05, 0) is 23.8 Å². The Morgan fingerprint density at radius 1 is 1.24 bits per heavy atom. The monoisotopic (exact) mass is 470 g/mol. The lowest BCUT2D eigenvalue weighted by atomic mass is 10.0. The number of phenols is 1. The van der Waals surface area contributed by atoms with Crippen molar-refractivity contribution >= 4 is 33.9 Å². The first-order valence-corrected chi connectivity index (χ1v) is 10.5. The molecule has 34 heavy (non-hydrogen) atoms. The minimum Gasteiger partial charge on any atom is -0.508 e. The second kappa shape index (κ2) is 8.53. The normalized spacial score (nSPS) is 23.5. The number of carboxylic acid groups (broad SMARTS) is 1. The second-order valence-electron chi connectivity index (χ2n) is 8.06. The van der Waals surface area contributed by atoms with E-state index < -0.39 is 43.2 Å². The number of carbonyl (C=O) groups is 1. The summed E-state index contributed by atoms with van der Waals surface area (Å²) in [6, 6.07) is 3.72. The third kappa shape index (κ3) is 3.70. The smallest absolute Gasteiger partial charge is 0.326 e. The summed E-state index contributed by atoms with van der Waals surface area (Å²) in [5, 5.41) is 52.9. The van der Waals surface area contributed by atoms with Crippen molar-refractivity contribution < 1.29 is 35.1 Å². The molecule has 1 aliphatic heterocycles. The number of benzene rings is 1. The number of ether oxygens (including phenoxy) is 1. The molecule has 0 spiro atoms. The van der Waals surface area contributed by atoms with Crippen molar-refractivity contribution in [2.45, 2.75) is 37.0 Å². The van der Waals surface area contributed by atoms with Crippen LogP contribution in [0, 0.1) is 0 Å². The highest BCUT2D eigenvalue weighted by atomic mass is 16.6. The molecule has 3 aromatic heterocycles. The van der Waals surface area contributed by atoms with E-state index in [0.717, 1.165) is 5.52 Å². The number of hydrogen-bond donors (Lipinski definition) is 7. The number of aromatic nitrogens is 5. The molecule has 0 bridgehead atoms. The van der Waals surface area contributed by atoms with Gasteiger partial charge in [-0.3, -0.25) is 4.57 Å². The Morgan fingerprint density at radius 2 is 2.06 bits per heavy atom. The van der Waals surface area contributed by atoms with Gasteiger partial charge < -0.3 is 40.6 Å². The maximum absolute atomic E-state index is 12.0. The summed E-state index contributed by atoms with van der Waals surface area (Å²) in [6.07, 6.45) is -0.313. The summed E-state index contributed by atoms with van der Waals surface area (Å²) in [5.74, 6) is -0.893. The molecule has 178 valence electrons. The number of aromatic amines is 1. The molecule has 1 fully saturated rings. The Morgan fingerprint density at radius 3 is 2.79 bits per heavy atom. The van der Waals surface area contributed by atoms with Crippen LogP contribution in [0.25, 0.3) is 22.1 Å². The topological polar surface area (TPSA) is 199 Å². The first-order chi connectivity index (χ1) is 16.4. The van der Waals surface area contributed by atoms with Crippen molar-refractivity contribution in [3.8, 4) is 5.75 Å². The summed E-state index contributed by atoms with van der Waals surface area (Å²) in [5.41, 5.74) is 1.93. The highest BCUT2D eigenvalue weighted by Crippen LogP contribution is 2.32. The van der Waals surface area contributed by atoms with Crippen LogP contribution in [-0.4, -0.2) is 87.0 Å². The van der Waals surface area contributed by atoms with Crippen LogP contribution in [0.3, 0.4) is 0 Å². The van der Waals surface area contributed by atoms with E-state index in [-0.39, 0.29) is 29.2 Å². The number of aliphatic hydroxyl groups is 3. The van der Waals surface area contributed by atoms with Crippen molar-refractivity contribution in [1.29, 1.82) is 0 Å². The third-order valence-electron chi connectivity index (χ3n) is 5.93. The molecule has 0 aliphatic carbocycles. The predicted molar refractivity (Wildman–Crippen MR) is 117 cm³/mol. The van der Waals surface area contributed by atoms with Crippen molar-refractivity contribution in [2.24, 2.45) is 0 Å². The zero-order chi connectivity index (χ0) is 24.0. The van der Waals surface area contributed by atoms with Crippen molar-refractivity contribution in [2.75, 3.05) is 11.9 Å². The highest BCUT2D eigenvalue weighted by molar-refractivity contribution is 5.88. The van der Waals surface area contributed by atoms with E-state index in [1.165, 1.54) is 23.3 Å². The quantitative estimate of drug-likeness (QED) is 0.188. The zero-order valence-corrected chi connectivity index (χ0v) is 17.6. The second-order valence-corrected chi connectivity index (χ2v) is 8.06. The Balaban J connectivity index is 1.44. The van der Waals surface area contributed by atoms with Gasteiger partial charge in [-0.15, -0.1) is 0 Å². The molecular formula is C21H22N6O7. The fraction of sp³-hybridized carbons (Fsp3) is 0.333. The first-order valence-electron chi connectivity index (χ1n) is 10.5. The SMILES string of the molecule is O=C(O)C(Cc1c[nH]c2ccc(O)cc12)Nc1ncnc2c1ncn2C1OC(CO)C(O)C1O. The predicted octanol–water partition coefficient (Wildman–Crippen LogP) is -0.268. The van der Waals surface area contributed by atoms with Crippen LogP contribution in [0.2, 0.25) is 0 Å². The van der Waals surface area contributed by atoms with Gasteiger partial charge in [0, 0.05) is 23.5 Å². The van der Waals surface area contributed by atoms with Gasteiger partial charge in [-0.25, -0.2) is 19.7 Å². The minimum atomic E-state index is -1.33. The van der Waals surface area contributed by atoms with Gasteiger partial charge in [0.15, 0.2) is 23.2 Å². The van der Waals surface area contributed by atoms with Crippen LogP contribution < -0.4 is 5.32 Å². The number of aliphatic carboxylic acids is 1. The van der Waals surface area contributed by atoms with Gasteiger partial charge in [-0.1, -0.05) is 0 Å². The minimum absolute atomic E-state index is 0.0705. The molecule has 1 aromatic carbocycles. The van der Waals surface area contributed by atoms with Crippen molar-refractivity contribution in [1.82, 2.24) is 24.5 Å². The number of imidazole rings is 1.